The number of ether oxygens (including phenoxy) is 1. The monoisotopic (exact) mass is 157 g/mol. The molecule has 1 rings (SSSR count). The quantitative estimate of drug-likeness (QED) is 0.640. The zero-order chi connectivity index (χ0) is 8.48. The predicted molar refractivity (Wildman–Crippen MR) is 41.9 cm³/mol. The average molecular weight is 157 g/mol. The second kappa shape index (κ2) is 2.81. The third-order valence-electron chi connectivity index (χ3n) is 2.37. The average Bonchev–Trinajstić information content (AvgIpc) is 2.37. The van der Waals surface area contributed by atoms with E-state index in [1.807, 2.05) is 13.8 Å². The van der Waals surface area contributed by atoms with Gasteiger partial charge in [0.1, 0.15) is 0 Å². The minimum atomic E-state index is -0.503. The maximum Gasteiger partial charge on any atom is 0.225 e. The molecule has 64 valence electrons. The van der Waals surface area contributed by atoms with Crippen LogP contribution in [0.4, 0.5) is 0 Å². The molecule has 0 radical (unpaired) electrons. The molecule has 3 nitrogen and oxygen atoms in total. The third kappa shape index (κ3) is 1.53. The van der Waals surface area contributed by atoms with Gasteiger partial charge in [-0.25, -0.2) is 0 Å². The van der Waals surface area contributed by atoms with E-state index in [4.69, 9.17) is 10.5 Å². The van der Waals surface area contributed by atoms with Crippen LogP contribution in [-0.4, -0.2) is 18.6 Å². The summed E-state index contributed by atoms with van der Waals surface area (Å²) in [5, 5.41) is 0. The number of carbonyl (C=O) groups is 1. The topological polar surface area (TPSA) is 52.3 Å². The van der Waals surface area contributed by atoms with Crippen LogP contribution < -0.4 is 5.73 Å². The molecule has 3 heteroatoms. The number of nitrogens with two attached hydrogens (primary N) is 1. The van der Waals surface area contributed by atoms with Crippen molar-refractivity contribution < 1.29 is 9.53 Å². The second-order valence-electron chi connectivity index (χ2n) is 3.59. The van der Waals surface area contributed by atoms with Gasteiger partial charge in [0.05, 0.1) is 11.5 Å². The molecule has 11 heavy (non-hydrogen) atoms. The van der Waals surface area contributed by atoms with Crippen molar-refractivity contribution in [3.8, 4) is 0 Å². The Morgan fingerprint density at radius 1 is 1.64 bits per heavy atom. The van der Waals surface area contributed by atoms with Gasteiger partial charge in [0.2, 0.25) is 5.91 Å². The van der Waals surface area contributed by atoms with Gasteiger partial charge < -0.3 is 10.5 Å². The van der Waals surface area contributed by atoms with Crippen LogP contribution >= 0.6 is 0 Å². The van der Waals surface area contributed by atoms with Gasteiger partial charge in [-0.05, 0) is 26.7 Å². The Hall–Kier alpha value is -0.570. The van der Waals surface area contributed by atoms with Crippen LogP contribution in [0.1, 0.15) is 26.7 Å². The first kappa shape index (κ1) is 8.53. The largest absolute Gasteiger partial charge is 0.377 e. The van der Waals surface area contributed by atoms with Crippen molar-refractivity contribution in [3.63, 3.8) is 0 Å². The number of amides is 1. The fraction of sp³-hybridized carbons (Fsp3) is 0.875. The molecule has 1 saturated heterocycles. The zero-order valence-corrected chi connectivity index (χ0v) is 7.09. The first-order valence-electron chi connectivity index (χ1n) is 3.96. The van der Waals surface area contributed by atoms with Crippen molar-refractivity contribution in [2.24, 2.45) is 11.1 Å². The number of hydrogen-bond donors (Lipinski definition) is 1. The summed E-state index contributed by atoms with van der Waals surface area (Å²) in [6, 6.07) is 0. The van der Waals surface area contributed by atoms with Crippen LogP contribution in [0.25, 0.3) is 0 Å². The fourth-order valence-electron chi connectivity index (χ4n) is 1.31. The van der Waals surface area contributed by atoms with Crippen molar-refractivity contribution in [2.75, 3.05) is 6.61 Å². The molecule has 1 amide bonds. The highest BCUT2D eigenvalue weighted by Gasteiger charge is 2.37. The smallest absolute Gasteiger partial charge is 0.225 e. The van der Waals surface area contributed by atoms with Crippen molar-refractivity contribution >= 4 is 5.91 Å². The summed E-state index contributed by atoms with van der Waals surface area (Å²) in [4.78, 5) is 11.0. The lowest BCUT2D eigenvalue weighted by Gasteiger charge is -2.26. The summed E-state index contributed by atoms with van der Waals surface area (Å²) < 4.78 is 5.38. The van der Waals surface area contributed by atoms with Gasteiger partial charge >= 0.3 is 0 Å². The van der Waals surface area contributed by atoms with E-state index in [1.54, 1.807) is 0 Å². The minimum Gasteiger partial charge on any atom is -0.377 e. The van der Waals surface area contributed by atoms with Crippen LogP contribution in [0.5, 0.6) is 0 Å². The van der Waals surface area contributed by atoms with E-state index in [9.17, 15) is 4.79 Å². The molecule has 1 aliphatic rings. The molecule has 2 N–H and O–H groups in total. The Kier molecular flexibility index (Phi) is 2.18. The molecule has 0 spiro atoms. The van der Waals surface area contributed by atoms with Crippen molar-refractivity contribution in [1.82, 2.24) is 0 Å². The summed E-state index contributed by atoms with van der Waals surface area (Å²) in [6.07, 6.45) is 2.03. The van der Waals surface area contributed by atoms with E-state index in [2.05, 4.69) is 0 Å². The number of rotatable bonds is 2. The Morgan fingerprint density at radius 3 is 2.64 bits per heavy atom. The summed E-state index contributed by atoms with van der Waals surface area (Å²) >= 11 is 0. The van der Waals surface area contributed by atoms with Gasteiger partial charge in [-0.1, -0.05) is 0 Å². The van der Waals surface area contributed by atoms with E-state index < -0.39 is 5.41 Å². The third-order valence-corrected chi connectivity index (χ3v) is 2.37. The summed E-state index contributed by atoms with van der Waals surface area (Å²) in [5.41, 5.74) is 4.73. The van der Waals surface area contributed by atoms with Crippen LogP contribution in [0.2, 0.25) is 0 Å². The molecule has 0 bridgehead atoms. The molecule has 0 saturated carbocycles. The number of primary amides is 1. The lowest BCUT2D eigenvalue weighted by molar-refractivity contribution is -0.132. The standard InChI is InChI=1S/C8H15NO2/c1-8(2,7(9)10)6-4-3-5-11-6/h6H,3-5H2,1-2H3,(H2,9,10). The maximum atomic E-state index is 11.0. The van der Waals surface area contributed by atoms with Gasteiger partial charge in [-0.2, -0.15) is 0 Å². The Morgan fingerprint density at radius 2 is 2.27 bits per heavy atom. The molecule has 1 unspecified atom stereocenters. The Bertz CT molecular complexity index is 159. The van der Waals surface area contributed by atoms with Crippen LogP contribution in [0, 0.1) is 5.41 Å². The van der Waals surface area contributed by atoms with Gasteiger partial charge in [0, 0.05) is 6.61 Å². The highest BCUT2D eigenvalue weighted by Crippen LogP contribution is 2.30. The van der Waals surface area contributed by atoms with Crippen LogP contribution in [0.15, 0.2) is 0 Å². The molecule has 1 fully saturated rings. The zero-order valence-electron chi connectivity index (χ0n) is 7.09. The van der Waals surface area contributed by atoms with Crippen LogP contribution in [-0.2, 0) is 9.53 Å². The minimum absolute atomic E-state index is 0.0278. The SMILES string of the molecule is CC(C)(C(N)=O)C1CCCO1. The number of hydrogen-bond acceptors (Lipinski definition) is 2. The lowest BCUT2D eigenvalue weighted by atomic mass is 9.84. The first-order valence-corrected chi connectivity index (χ1v) is 3.96. The summed E-state index contributed by atoms with van der Waals surface area (Å²) in [7, 11) is 0. The lowest BCUT2D eigenvalue weighted by Crippen LogP contribution is -2.41. The number of carbonyl (C=O) groups excluding carboxylic acids is 1. The van der Waals surface area contributed by atoms with E-state index in [0.29, 0.717) is 0 Å². The molecule has 0 aromatic heterocycles. The molecule has 0 aliphatic carbocycles. The first-order chi connectivity index (χ1) is 5.05. The molecule has 0 aromatic carbocycles. The van der Waals surface area contributed by atoms with E-state index in [0.717, 1.165) is 19.4 Å². The fourth-order valence-corrected chi connectivity index (χ4v) is 1.31. The predicted octanol–water partition coefficient (Wildman–Crippen LogP) is 0.677. The summed E-state index contributed by atoms with van der Waals surface area (Å²) in [6.45, 7) is 4.44. The molecular formula is C8H15NO2. The Labute approximate surface area is 66.9 Å². The van der Waals surface area contributed by atoms with Crippen LogP contribution in [0.3, 0.4) is 0 Å². The molecule has 0 aromatic rings. The maximum absolute atomic E-state index is 11.0. The second-order valence-corrected chi connectivity index (χ2v) is 3.59. The van der Waals surface area contributed by atoms with Gasteiger partial charge in [0.15, 0.2) is 0 Å². The molecule has 1 heterocycles. The Balaban J connectivity index is 2.62. The normalized spacial score (nSPS) is 25.5. The highest BCUT2D eigenvalue weighted by molar-refractivity contribution is 5.80. The van der Waals surface area contributed by atoms with E-state index >= 15 is 0 Å². The van der Waals surface area contributed by atoms with Gasteiger partial charge in [0.25, 0.3) is 0 Å². The van der Waals surface area contributed by atoms with Crippen molar-refractivity contribution in [2.45, 2.75) is 32.8 Å². The molecular weight excluding hydrogens is 142 g/mol. The van der Waals surface area contributed by atoms with Gasteiger partial charge in [-0.15, -0.1) is 0 Å². The van der Waals surface area contributed by atoms with Crippen molar-refractivity contribution in [1.29, 1.82) is 0 Å². The van der Waals surface area contributed by atoms with E-state index in [-0.39, 0.29) is 12.0 Å². The summed E-state index contributed by atoms with van der Waals surface area (Å²) in [5.74, 6) is -0.274. The van der Waals surface area contributed by atoms with Crippen molar-refractivity contribution in [3.05, 3.63) is 0 Å². The highest BCUT2D eigenvalue weighted by atomic mass is 16.5. The molecule has 1 atom stereocenters. The van der Waals surface area contributed by atoms with E-state index in [1.165, 1.54) is 0 Å². The van der Waals surface area contributed by atoms with Gasteiger partial charge in [-0.3, -0.25) is 4.79 Å². The molecule has 1 aliphatic heterocycles.